The first kappa shape index (κ1) is 18.3. The van der Waals surface area contributed by atoms with Crippen LogP contribution in [0, 0.1) is 11.3 Å². The maximum Gasteiger partial charge on any atom is 0.133 e. The van der Waals surface area contributed by atoms with Gasteiger partial charge in [-0.2, -0.15) is 5.26 Å². The summed E-state index contributed by atoms with van der Waals surface area (Å²) in [6, 6.07) is 21.7. The zero-order valence-electron chi connectivity index (χ0n) is 15.7. The molecule has 0 radical (unpaired) electrons. The SMILES string of the molecule is N#Cc1cccc(Nc2ncccc2CC(c2cccnc2)c2cccnc2)c1. The Balaban J connectivity index is 1.68. The van der Waals surface area contributed by atoms with E-state index in [9.17, 15) is 0 Å². The molecule has 0 aliphatic carbocycles. The summed E-state index contributed by atoms with van der Waals surface area (Å²) in [7, 11) is 0. The summed E-state index contributed by atoms with van der Waals surface area (Å²) in [5.74, 6) is 0.882. The molecule has 0 amide bonds. The third-order valence-electron chi connectivity index (χ3n) is 4.74. The van der Waals surface area contributed by atoms with E-state index in [1.165, 1.54) is 0 Å². The number of rotatable bonds is 6. The minimum absolute atomic E-state index is 0.104. The van der Waals surface area contributed by atoms with Crippen molar-refractivity contribution < 1.29 is 0 Å². The summed E-state index contributed by atoms with van der Waals surface area (Å²) >= 11 is 0. The standard InChI is InChI=1S/C24H19N5/c25-15-18-5-1-9-22(13-18)29-24-19(6-4-12-28-24)14-23(20-7-2-10-26-16-20)21-8-3-11-27-17-21/h1-13,16-17,23H,14H2,(H,28,29). The lowest BCUT2D eigenvalue weighted by molar-refractivity contribution is 0.793. The van der Waals surface area contributed by atoms with E-state index in [-0.39, 0.29) is 5.92 Å². The van der Waals surface area contributed by atoms with Crippen molar-refractivity contribution in [2.75, 3.05) is 5.32 Å². The molecule has 0 aliphatic rings. The highest BCUT2D eigenvalue weighted by molar-refractivity contribution is 5.61. The Morgan fingerprint density at radius 3 is 2.24 bits per heavy atom. The van der Waals surface area contributed by atoms with E-state index < -0.39 is 0 Å². The van der Waals surface area contributed by atoms with Crippen LogP contribution in [0.15, 0.2) is 91.6 Å². The van der Waals surface area contributed by atoms with E-state index in [0.717, 1.165) is 34.6 Å². The van der Waals surface area contributed by atoms with Crippen molar-refractivity contribution in [3.63, 3.8) is 0 Å². The van der Waals surface area contributed by atoms with Gasteiger partial charge in [-0.15, -0.1) is 0 Å². The van der Waals surface area contributed by atoms with Crippen molar-refractivity contribution in [3.05, 3.63) is 114 Å². The van der Waals surface area contributed by atoms with Crippen LogP contribution in [0.4, 0.5) is 11.5 Å². The summed E-state index contributed by atoms with van der Waals surface area (Å²) in [6.45, 7) is 0. The number of anilines is 2. The van der Waals surface area contributed by atoms with Crippen LogP contribution in [0.2, 0.25) is 0 Å². The molecule has 0 saturated heterocycles. The first-order valence-corrected chi connectivity index (χ1v) is 9.34. The van der Waals surface area contributed by atoms with Gasteiger partial charge in [0.2, 0.25) is 0 Å². The molecule has 0 fully saturated rings. The van der Waals surface area contributed by atoms with Crippen molar-refractivity contribution in [1.82, 2.24) is 15.0 Å². The van der Waals surface area contributed by atoms with Crippen molar-refractivity contribution in [2.24, 2.45) is 0 Å². The number of hydrogen-bond donors (Lipinski definition) is 1. The summed E-state index contributed by atoms with van der Waals surface area (Å²) in [5, 5.41) is 12.5. The molecule has 0 aliphatic heterocycles. The number of aromatic nitrogens is 3. The van der Waals surface area contributed by atoms with E-state index in [2.05, 4.69) is 44.5 Å². The topological polar surface area (TPSA) is 74.5 Å². The number of benzene rings is 1. The third kappa shape index (κ3) is 4.45. The van der Waals surface area contributed by atoms with Gasteiger partial charge in [0.25, 0.3) is 0 Å². The van der Waals surface area contributed by atoms with E-state index in [1.807, 2.05) is 48.8 Å². The molecule has 0 bridgehead atoms. The maximum atomic E-state index is 9.15. The zero-order chi connectivity index (χ0) is 19.9. The highest BCUT2D eigenvalue weighted by Gasteiger charge is 2.18. The summed E-state index contributed by atoms with van der Waals surface area (Å²) in [4.78, 5) is 13.1. The molecule has 0 unspecified atom stereocenters. The summed E-state index contributed by atoms with van der Waals surface area (Å²) < 4.78 is 0. The van der Waals surface area contributed by atoms with Crippen molar-refractivity contribution >= 4 is 11.5 Å². The normalized spacial score (nSPS) is 10.5. The quantitative estimate of drug-likeness (QED) is 0.519. The summed E-state index contributed by atoms with van der Waals surface area (Å²) in [5.41, 5.74) is 4.77. The minimum Gasteiger partial charge on any atom is -0.340 e. The molecule has 140 valence electrons. The minimum atomic E-state index is 0.104. The van der Waals surface area contributed by atoms with Crippen LogP contribution in [-0.2, 0) is 6.42 Å². The molecule has 3 heterocycles. The molecule has 3 aromatic heterocycles. The highest BCUT2D eigenvalue weighted by atomic mass is 15.0. The third-order valence-corrected chi connectivity index (χ3v) is 4.74. The fourth-order valence-electron chi connectivity index (χ4n) is 3.33. The Hall–Kier alpha value is -4.04. The fraction of sp³-hybridized carbons (Fsp3) is 0.0833. The van der Waals surface area contributed by atoms with Crippen molar-refractivity contribution in [1.29, 1.82) is 5.26 Å². The lowest BCUT2D eigenvalue weighted by Gasteiger charge is -2.19. The van der Waals surface area contributed by atoms with Crippen molar-refractivity contribution in [3.8, 4) is 6.07 Å². The zero-order valence-corrected chi connectivity index (χ0v) is 15.7. The van der Waals surface area contributed by atoms with Gasteiger partial charge >= 0.3 is 0 Å². The molecular weight excluding hydrogens is 358 g/mol. The van der Waals surface area contributed by atoms with Crippen molar-refractivity contribution in [2.45, 2.75) is 12.3 Å². The first-order valence-electron chi connectivity index (χ1n) is 9.34. The average Bonchev–Trinajstić information content (AvgIpc) is 2.80. The number of nitriles is 1. The Morgan fingerprint density at radius 2 is 1.59 bits per heavy atom. The molecule has 29 heavy (non-hydrogen) atoms. The van der Waals surface area contributed by atoms with Crippen LogP contribution in [0.25, 0.3) is 0 Å². The Morgan fingerprint density at radius 1 is 0.862 bits per heavy atom. The smallest absolute Gasteiger partial charge is 0.133 e. The molecule has 4 aromatic rings. The summed E-state index contributed by atoms with van der Waals surface area (Å²) in [6.07, 6.45) is 9.87. The van der Waals surface area contributed by atoms with Gasteiger partial charge in [-0.25, -0.2) is 4.98 Å². The lowest BCUT2D eigenvalue weighted by atomic mass is 9.87. The highest BCUT2D eigenvalue weighted by Crippen LogP contribution is 2.30. The molecule has 0 atom stereocenters. The van der Waals surface area contributed by atoms with E-state index >= 15 is 0 Å². The number of pyridine rings is 3. The number of nitrogens with one attached hydrogen (secondary N) is 1. The van der Waals surface area contributed by atoms with E-state index in [0.29, 0.717) is 5.56 Å². The van der Waals surface area contributed by atoms with Gasteiger partial charge in [-0.05, 0) is 59.5 Å². The van der Waals surface area contributed by atoms with Gasteiger partial charge in [0.15, 0.2) is 0 Å². The van der Waals surface area contributed by atoms with Gasteiger partial charge in [-0.3, -0.25) is 9.97 Å². The number of hydrogen-bond acceptors (Lipinski definition) is 5. The molecule has 4 rings (SSSR count). The first-order chi connectivity index (χ1) is 14.3. The number of nitrogens with zero attached hydrogens (tertiary/aromatic N) is 4. The van der Waals surface area contributed by atoms with Crippen LogP contribution >= 0.6 is 0 Å². The second-order valence-electron chi connectivity index (χ2n) is 6.66. The largest absolute Gasteiger partial charge is 0.340 e. The maximum absolute atomic E-state index is 9.15. The molecule has 0 spiro atoms. The molecule has 5 heteroatoms. The molecule has 0 saturated carbocycles. The Kier molecular flexibility index (Phi) is 5.54. The average molecular weight is 377 g/mol. The lowest BCUT2D eigenvalue weighted by Crippen LogP contribution is -2.08. The predicted octanol–water partition coefficient (Wildman–Crippen LogP) is 4.86. The van der Waals surface area contributed by atoms with Crippen LogP contribution in [0.1, 0.15) is 28.2 Å². The monoisotopic (exact) mass is 377 g/mol. The van der Waals surface area contributed by atoms with Crippen LogP contribution in [0.5, 0.6) is 0 Å². The van der Waals surface area contributed by atoms with Crippen LogP contribution < -0.4 is 5.32 Å². The van der Waals surface area contributed by atoms with Crippen LogP contribution in [0.3, 0.4) is 0 Å². The molecule has 1 aromatic carbocycles. The Bertz CT molecular complexity index is 1080. The second-order valence-corrected chi connectivity index (χ2v) is 6.66. The second kappa shape index (κ2) is 8.77. The molecular formula is C24H19N5. The molecule has 5 nitrogen and oxygen atoms in total. The van der Waals surface area contributed by atoms with Gasteiger partial charge in [0, 0.05) is 42.6 Å². The molecule has 1 N–H and O–H groups in total. The van der Waals surface area contributed by atoms with Gasteiger partial charge < -0.3 is 5.32 Å². The van der Waals surface area contributed by atoms with E-state index in [4.69, 9.17) is 5.26 Å². The van der Waals surface area contributed by atoms with Gasteiger partial charge in [-0.1, -0.05) is 24.3 Å². The Labute approximate surface area is 169 Å². The fourth-order valence-corrected chi connectivity index (χ4v) is 3.33. The van der Waals surface area contributed by atoms with E-state index in [1.54, 1.807) is 24.7 Å². The van der Waals surface area contributed by atoms with Crippen LogP contribution in [-0.4, -0.2) is 15.0 Å². The van der Waals surface area contributed by atoms with Gasteiger partial charge in [0.1, 0.15) is 5.82 Å². The van der Waals surface area contributed by atoms with Gasteiger partial charge in [0.05, 0.1) is 11.6 Å². The predicted molar refractivity (Wildman–Crippen MR) is 113 cm³/mol.